The molecule has 0 aromatic carbocycles. The van der Waals surface area contributed by atoms with Gasteiger partial charge in [-0.2, -0.15) is 4.37 Å². The Morgan fingerprint density at radius 1 is 1.47 bits per heavy atom. The van der Waals surface area contributed by atoms with E-state index >= 15 is 0 Å². The number of nitrogens with zero attached hydrogens (tertiary/aromatic N) is 2. The van der Waals surface area contributed by atoms with Crippen molar-refractivity contribution >= 4 is 28.4 Å². The molecule has 1 saturated carbocycles. The van der Waals surface area contributed by atoms with Gasteiger partial charge >= 0.3 is 0 Å². The zero-order chi connectivity index (χ0) is 10.9. The van der Waals surface area contributed by atoms with Crippen LogP contribution in [0.15, 0.2) is 0 Å². The average molecular weight is 243 g/mol. The van der Waals surface area contributed by atoms with Crippen LogP contribution in [0.5, 0.6) is 0 Å². The van der Waals surface area contributed by atoms with E-state index in [1.807, 2.05) is 11.8 Å². The maximum absolute atomic E-state index is 4.47. The predicted molar refractivity (Wildman–Crippen MR) is 67.6 cm³/mol. The van der Waals surface area contributed by atoms with Crippen LogP contribution in [0.25, 0.3) is 0 Å². The molecule has 1 heterocycles. The van der Waals surface area contributed by atoms with Crippen molar-refractivity contribution in [3.8, 4) is 0 Å². The lowest BCUT2D eigenvalue weighted by atomic mass is 10.3. The van der Waals surface area contributed by atoms with Crippen molar-refractivity contribution in [2.24, 2.45) is 0 Å². The maximum atomic E-state index is 4.47. The van der Waals surface area contributed by atoms with Crippen molar-refractivity contribution in [1.29, 1.82) is 0 Å². The van der Waals surface area contributed by atoms with Gasteiger partial charge in [-0.3, -0.25) is 0 Å². The molecule has 84 valence electrons. The van der Waals surface area contributed by atoms with Crippen LogP contribution in [0.3, 0.4) is 0 Å². The first kappa shape index (κ1) is 11.2. The molecule has 0 aliphatic heterocycles. The number of hydrogen-bond acceptors (Lipinski definition) is 5. The largest absolute Gasteiger partial charge is 0.358 e. The highest BCUT2D eigenvalue weighted by Crippen LogP contribution is 2.29. The molecule has 15 heavy (non-hydrogen) atoms. The third-order valence-corrected chi connectivity index (χ3v) is 3.96. The number of anilines is 1. The standard InChI is InChI=1S/C10H17N3S2/c1-10(2,3)14-6-8-12-9(15-13-8)11-7-4-5-7/h7H,4-6H2,1-3H3,(H,11,12,13). The van der Waals surface area contributed by atoms with Gasteiger partial charge < -0.3 is 5.32 Å². The van der Waals surface area contributed by atoms with E-state index in [2.05, 4.69) is 35.4 Å². The molecule has 2 rings (SSSR count). The van der Waals surface area contributed by atoms with Crippen molar-refractivity contribution in [3.05, 3.63) is 5.82 Å². The molecule has 0 bridgehead atoms. The van der Waals surface area contributed by atoms with E-state index in [1.54, 1.807) is 0 Å². The Balaban J connectivity index is 1.83. The summed E-state index contributed by atoms with van der Waals surface area (Å²) in [6.07, 6.45) is 2.57. The molecule has 0 amide bonds. The van der Waals surface area contributed by atoms with Gasteiger partial charge in [-0.05, 0) is 12.8 Å². The van der Waals surface area contributed by atoms with Gasteiger partial charge in [0.25, 0.3) is 0 Å². The molecule has 5 heteroatoms. The fourth-order valence-corrected chi connectivity index (χ4v) is 2.49. The Bertz CT molecular complexity index is 326. The van der Waals surface area contributed by atoms with Gasteiger partial charge in [-0.1, -0.05) is 20.8 Å². The summed E-state index contributed by atoms with van der Waals surface area (Å²) in [5.41, 5.74) is 0. The summed E-state index contributed by atoms with van der Waals surface area (Å²) in [5.74, 6) is 1.87. The summed E-state index contributed by atoms with van der Waals surface area (Å²) in [6, 6.07) is 0.668. The van der Waals surface area contributed by atoms with Crippen LogP contribution in [0.2, 0.25) is 0 Å². The van der Waals surface area contributed by atoms with Crippen LogP contribution in [-0.2, 0) is 5.75 Å². The topological polar surface area (TPSA) is 37.8 Å². The Labute approximate surface area is 99.2 Å². The first-order valence-electron chi connectivity index (χ1n) is 5.26. The lowest BCUT2D eigenvalue weighted by molar-refractivity contribution is 0.801. The van der Waals surface area contributed by atoms with Gasteiger partial charge in [-0.15, -0.1) is 11.8 Å². The van der Waals surface area contributed by atoms with Gasteiger partial charge in [0.15, 0.2) is 5.82 Å². The second kappa shape index (κ2) is 4.29. The summed E-state index contributed by atoms with van der Waals surface area (Å²) in [4.78, 5) is 4.47. The van der Waals surface area contributed by atoms with Crippen molar-refractivity contribution in [3.63, 3.8) is 0 Å². The van der Waals surface area contributed by atoms with E-state index in [4.69, 9.17) is 0 Å². The van der Waals surface area contributed by atoms with E-state index in [1.165, 1.54) is 24.4 Å². The lowest BCUT2D eigenvalue weighted by Crippen LogP contribution is -2.08. The van der Waals surface area contributed by atoms with Crippen LogP contribution in [0, 0.1) is 0 Å². The van der Waals surface area contributed by atoms with Gasteiger partial charge in [0, 0.05) is 22.3 Å². The van der Waals surface area contributed by atoms with E-state index < -0.39 is 0 Å². The smallest absolute Gasteiger partial charge is 0.202 e. The fraction of sp³-hybridized carbons (Fsp3) is 0.800. The Morgan fingerprint density at radius 2 is 2.20 bits per heavy atom. The molecule has 1 aliphatic carbocycles. The lowest BCUT2D eigenvalue weighted by Gasteiger charge is -2.15. The molecule has 0 radical (unpaired) electrons. The number of nitrogens with one attached hydrogen (secondary N) is 1. The summed E-state index contributed by atoms with van der Waals surface area (Å²) < 4.78 is 4.63. The zero-order valence-electron chi connectivity index (χ0n) is 9.41. The van der Waals surface area contributed by atoms with Gasteiger partial charge in [0.2, 0.25) is 5.13 Å². The first-order valence-corrected chi connectivity index (χ1v) is 7.02. The van der Waals surface area contributed by atoms with E-state index in [0.29, 0.717) is 6.04 Å². The third-order valence-electron chi connectivity index (χ3n) is 2.01. The monoisotopic (exact) mass is 243 g/mol. The minimum atomic E-state index is 0.287. The molecule has 1 aliphatic rings. The van der Waals surface area contributed by atoms with Crippen LogP contribution in [-0.4, -0.2) is 20.1 Å². The van der Waals surface area contributed by atoms with Crippen molar-refractivity contribution in [2.75, 3.05) is 5.32 Å². The molecule has 3 nitrogen and oxygen atoms in total. The highest BCUT2D eigenvalue weighted by molar-refractivity contribution is 7.99. The number of rotatable bonds is 4. The average Bonchev–Trinajstić information content (AvgIpc) is 2.79. The Hall–Kier alpha value is -0.290. The summed E-state index contributed by atoms with van der Waals surface area (Å²) in [7, 11) is 0. The van der Waals surface area contributed by atoms with Crippen LogP contribution in [0.4, 0.5) is 5.13 Å². The Kier molecular flexibility index (Phi) is 3.21. The molecule has 0 spiro atoms. The minimum Gasteiger partial charge on any atom is -0.358 e. The number of thioether (sulfide) groups is 1. The highest BCUT2D eigenvalue weighted by atomic mass is 32.2. The summed E-state index contributed by atoms with van der Waals surface area (Å²) in [6.45, 7) is 6.65. The molecule has 0 saturated heterocycles. The first-order chi connectivity index (χ1) is 7.03. The summed E-state index contributed by atoms with van der Waals surface area (Å²) in [5, 5.41) is 4.36. The molecular formula is C10H17N3S2. The molecule has 0 unspecified atom stereocenters. The Morgan fingerprint density at radius 3 is 2.80 bits per heavy atom. The highest BCUT2D eigenvalue weighted by Gasteiger charge is 2.22. The zero-order valence-corrected chi connectivity index (χ0v) is 11.0. The van der Waals surface area contributed by atoms with Crippen LogP contribution < -0.4 is 5.32 Å². The van der Waals surface area contributed by atoms with E-state index in [0.717, 1.165) is 16.7 Å². The van der Waals surface area contributed by atoms with Crippen LogP contribution in [0.1, 0.15) is 39.4 Å². The second-order valence-electron chi connectivity index (χ2n) is 4.84. The molecular weight excluding hydrogens is 226 g/mol. The predicted octanol–water partition coefficient (Wildman–Crippen LogP) is 3.14. The molecule has 1 N–H and O–H groups in total. The van der Waals surface area contributed by atoms with Gasteiger partial charge in [0.05, 0.1) is 5.75 Å². The quantitative estimate of drug-likeness (QED) is 0.881. The van der Waals surface area contributed by atoms with Crippen molar-refractivity contribution < 1.29 is 0 Å². The van der Waals surface area contributed by atoms with Gasteiger partial charge in [-0.25, -0.2) is 4.98 Å². The summed E-state index contributed by atoms with van der Waals surface area (Å²) >= 11 is 3.37. The van der Waals surface area contributed by atoms with Gasteiger partial charge in [0.1, 0.15) is 0 Å². The number of hydrogen-bond donors (Lipinski definition) is 1. The molecule has 1 fully saturated rings. The van der Waals surface area contributed by atoms with Crippen molar-refractivity contribution in [1.82, 2.24) is 9.36 Å². The minimum absolute atomic E-state index is 0.287. The van der Waals surface area contributed by atoms with E-state index in [-0.39, 0.29) is 4.75 Å². The molecule has 1 aromatic heterocycles. The fourth-order valence-electron chi connectivity index (χ4n) is 1.05. The maximum Gasteiger partial charge on any atom is 0.202 e. The molecule has 1 aromatic rings. The van der Waals surface area contributed by atoms with Crippen LogP contribution >= 0.6 is 23.3 Å². The molecule has 0 atom stereocenters. The van der Waals surface area contributed by atoms with E-state index in [9.17, 15) is 0 Å². The van der Waals surface area contributed by atoms with Crippen molar-refractivity contribution in [2.45, 2.75) is 50.2 Å². The SMILES string of the molecule is CC(C)(C)SCc1nsc(NC2CC2)n1. The number of aromatic nitrogens is 2. The second-order valence-corrected chi connectivity index (χ2v) is 7.39. The third kappa shape index (κ3) is 3.99. The normalized spacial score (nSPS) is 16.7.